The molecule has 0 saturated carbocycles. The van der Waals surface area contributed by atoms with Crippen LogP contribution in [0.3, 0.4) is 0 Å². The molecule has 1 unspecified atom stereocenters. The van der Waals surface area contributed by atoms with E-state index in [9.17, 15) is 0 Å². The Kier molecular flexibility index (Phi) is 5.22. The van der Waals surface area contributed by atoms with Crippen LogP contribution in [0.2, 0.25) is 0 Å². The number of rotatable bonds is 5. The summed E-state index contributed by atoms with van der Waals surface area (Å²) in [7, 11) is 1.99. The average molecular weight is 291 g/mol. The van der Waals surface area contributed by atoms with Gasteiger partial charge in [0.05, 0.1) is 11.7 Å². The highest BCUT2D eigenvalue weighted by molar-refractivity contribution is 5.44. The zero-order valence-corrected chi connectivity index (χ0v) is 14.1. The second-order valence-corrected chi connectivity index (χ2v) is 6.67. The van der Waals surface area contributed by atoms with E-state index >= 15 is 0 Å². The first-order valence-electron chi connectivity index (χ1n) is 8.00. The van der Waals surface area contributed by atoms with E-state index in [4.69, 9.17) is 9.72 Å². The number of ether oxygens (including phenoxy) is 1. The predicted octanol–water partition coefficient (Wildman–Crippen LogP) is 2.76. The van der Waals surface area contributed by atoms with Crippen LogP contribution in [0, 0.1) is 0 Å². The van der Waals surface area contributed by atoms with Gasteiger partial charge in [-0.25, -0.2) is 4.98 Å². The molecule has 1 saturated heterocycles. The van der Waals surface area contributed by atoms with Gasteiger partial charge in [0, 0.05) is 25.3 Å². The molecule has 4 heteroatoms. The molecule has 1 aromatic heterocycles. The van der Waals surface area contributed by atoms with Gasteiger partial charge in [0.1, 0.15) is 5.82 Å². The van der Waals surface area contributed by atoms with Crippen LogP contribution in [0.4, 0.5) is 5.82 Å². The van der Waals surface area contributed by atoms with Gasteiger partial charge in [0.15, 0.2) is 0 Å². The molecular formula is C17H29N3O. The highest BCUT2D eigenvalue weighted by Crippen LogP contribution is 2.26. The fraction of sp³-hybridized carbons (Fsp3) is 0.706. The molecule has 1 N–H and O–H groups in total. The first-order chi connectivity index (χ1) is 9.93. The van der Waals surface area contributed by atoms with Crippen molar-refractivity contribution in [3.63, 3.8) is 0 Å². The molecule has 1 atom stereocenters. The molecule has 0 amide bonds. The largest absolute Gasteiger partial charge is 0.369 e. The number of anilines is 1. The average Bonchev–Trinajstić information content (AvgIpc) is 2.37. The molecular weight excluding hydrogens is 262 g/mol. The lowest BCUT2D eigenvalue weighted by Crippen LogP contribution is -2.52. The van der Waals surface area contributed by atoms with E-state index in [1.165, 1.54) is 11.3 Å². The van der Waals surface area contributed by atoms with Crippen LogP contribution in [-0.2, 0) is 17.7 Å². The number of morpholine rings is 1. The molecule has 1 aromatic rings. The SMILES string of the molecule is CCCc1cc(CNC)cc(N2CC(C)OC(C)(C)C2)n1. The van der Waals surface area contributed by atoms with Crippen LogP contribution in [0.25, 0.3) is 0 Å². The molecule has 1 aliphatic rings. The third-order valence-electron chi connectivity index (χ3n) is 3.71. The highest BCUT2D eigenvalue weighted by Gasteiger charge is 2.32. The lowest BCUT2D eigenvalue weighted by atomic mass is 10.0. The number of aryl methyl sites for hydroxylation is 1. The minimum atomic E-state index is -0.122. The van der Waals surface area contributed by atoms with E-state index in [1.54, 1.807) is 0 Å². The molecule has 0 aromatic carbocycles. The van der Waals surface area contributed by atoms with Gasteiger partial charge in [0.25, 0.3) is 0 Å². The lowest BCUT2D eigenvalue weighted by molar-refractivity contribution is -0.0751. The van der Waals surface area contributed by atoms with Gasteiger partial charge in [-0.15, -0.1) is 0 Å². The van der Waals surface area contributed by atoms with E-state index in [0.717, 1.165) is 38.3 Å². The minimum absolute atomic E-state index is 0.122. The minimum Gasteiger partial charge on any atom is -0.369 e. The Hall–Kier alpha value is -1.13. The first kappa shape index (κ1) is 16.2. The van der Waals surface area contributed by atoms with Crippen molar-refractivity contribution >= 4 is 5.82 Å². The van der Waals surface area contributed by atoms with Crippen LogP contribution in [0.15, 0.2) is 12.1 Å². The maximum atomic E-state index is 6.00. The van der Waals surface area contributed by atoms with Crippen molar-refractivity contribution in [3.8, 4) is 0 Å². The summed E-state index contributed by atoms with van der Waals surface area (Å²) in [6.45, 7) is 11.3. The molecule has 2 rings (SSSR count). The van der Waals surface area contributed by atoms with Gasteiger partial charge in [-0.1, -0.05) is 13.3 Å². The maximum Gasteiger partial charge on any atom is 0.129 e. The standard InChI is InChI=1S/C17H29N3O/c1-6-7-15-8-14(10-18-5)9-16(19-15)20-11-13(2)21-17(3,4)12-20/h8-9,13,18H,6-7,10-12H2,1-5H3. The van der Waals surface area contributed by atoms with E-state index in [2.05, 4.69) is 50.0 Å². The Labute approximate surface area is 128 Å². The zero-order chi connectivity index (χ0) is 15.5. The third kappa shape index (κ3) is 4.42. The van der Waals surface area contributed by atoms with E-state index < -0.39 is 0 Å². The summed E-state index contributed by atoms with van der Waals surface area (Å²) in [4.78, 5) is 7.24. The summed E-state index contributed by atoms with van der Waals surface area (Å²) in [6.07, 6.45) is 2.40. The third-order valence-corrected chi connectivity index (χ3v) is 3.71. The fourth-order valence-electron chi connectivity index (χ4n) is 3.11. The molecule has 0 bridgehead atoms. The van der Waals surface area contributed by atoms with E-state index in [0.29, 0.717) is 0 Å². The summed E-state index contributed by atoms with van der Waals surface area (Å²) in [5.74, 6) is 1.09. The quantitative estimate of drug-likeness (QED) is 0.905. The molecule has 2 heterocycles. The number of hydrogen-bond donors (Lipinski definition) is 1. The monoisotopic (exact) mass is 291 g/mol. The Morgan fingerprint density at radius 3 is 2.81 bits per heavy atom. The number of nitrogens with one attached hydrogen (secondary N) is 1. The number of pyridine rings is 1. The van der Waals surface area contributed by atoms with Crippen molar-refractivity contribution in [1.82, 2.24) is 10.3 Å². The van der Waals surface area contributed by atoms with E-state index in [1.807, 2.05) is 7.05 Å². The highest BCUT2D eigenvalue weighted by atomic mass is 16.5. The Morgan fingerprint density at radius 1 is 1.43 bits per heavy atom. The topological polar surface area (TPSA) is 37.4 Å². The van der Waals surface area contributed by atoms with Crippen molar-refractivity contribution in [2.24, 2.45) is 0 Å². The molecule has 0 aliphatic carbocycles. The second kappa shape index (κ2) is 6.75. The number of hydrogen-bond acceptors (Lipinski definition) is 4. The van der Waals surface area contributed by atoms with Crippen LogP contribution in [-0.4, -0.2) is 36.8 Å². The smallest absolute Gasteiger partial charge is 0.129 e. The van der Waals surface area contributed by atoms with Crippen molar-refractivity contribution in [2.75, 3.05) is 25.0 Å². The zero-order valence-electron chi connectivity index (χ0n) is 14.1. The Morgan fingerprint density at radius 2 is 2.19 bits per heavy atom. The van der Waals surface area contributed by atoms with Gasteiger partial charge >= 0.3 is 0 Å². The van der Waals surface area contributed by atoms with Gasteiger partial charge in [-0.2, -0.15) is 0 Å². The van der Waals surface area contributed by atoms with Crippen LogP contribution >= 0.6 is 0 Å². The van der Waals surface area contributed by atoms with E-state index in [-0.39, 0.29) is 11.7 Å². The molecule has 0 spiro atoms. The van der Waals surface area contributed by atoms with Crippen LogP contribution in [0.1, 0.15) is 45.4 Å². The maximum absolute atomic E-state index is 6.00. The normalized spacial score (nSPS) is 21.6. The summed E-state index contributed by atoms with van der Waals surface area (Å²) < 4.78 is 6.00. The Bertz CT molecular complexity index is 449. The number of nitrogens with zero attached hydrogens (tertiary/aromatic N) is 2. The first-order valence-corrected chi connectivity index (χ1v) is 8.00. The predicted molar refractivity (Wildman–Crippen MR) is 87.8 cm³/mol. The van der Waals surface area contributed by atoms with Crippen LogP contribution < -0.4 is 10.2 Å². The molecule has 1 aliphatic heterocycles. The van der Waals surface area contributed by atoms with Gasteiger partial charge in [-0.05, 0) is 51.9 Å². The molecule has 21 heavy (non-hydrogen) atoms. The van der Waals surface area contributed by atoms with Crippen molar-refractivity contribution < 1.29 is 4.74 Å². The molecule has 4 nitrogen and oxygen atoms in total. The van der Waals surface area contributed by atoms with Crippen molar-refractivity contribution in [3.05, 3.63) is 23.4 Å². The second-order valence-electron chi connectivity index (χ2n) is 6.67. The number of aromatic nitrogens is 1. The van der Waals surface area contributed by atoms with Gasteiger partial charge < -0.3 is 15.0 Å². The summed E-state index contributed by atoms with van der Waals surface area (Å²) in [6, 6.07) is 4.43. The van der Waals surface area contributed by atoms with Gasteiger partial charge in [0.2, 0.25) is 0 Å². The molecule has 0 radical (unpaired) electrons. The fourth-order valence-corrected chi connectivity index (χ4v) is 3.11. The van der Waals surface area contributed by atoms with Crippen LogP contribution in [0.5, 0.6) is 0 Å². The summed E-state index contributed by atoms with van der Waals surface area (Å²) in [5, 5.41) is 3.24. The summed E-state index contributed by atoms with van der Waals surface area (Å²) in [5.41, 5.74) is 2.38. The van der Waals surface area contributed by atoms with Crippen molar-refractivity contribution in [2.45, 2.75) is 58.8 Å². The lowest BCUT2D eigenvalue weighted by Gasteiger charge is -2.42. The molecule has 118 valence electrons. The Balaban J connectivity index is 2.28. The van der Waals surface area contributed by atoms with Gasteiger partial charge in [-0.3, -0.25) is 0 Å². The summed E-state index contributed by atoms with van der Waals surface area (Å²) >= 11 is 0. The molecule has 1 fully saturated rings. The van der Waals surface area contributed by atoms with Crippen molar-refractivity contribution in [1.29, 1.82) is 0 Å².